The quantitative estimate of drug-likeness (QED) is 0.736. The van der Waals surface area contributed by atoms with Crippen molar-refractivity contribution >= 4 is 0 Å². The average molecular weight is 203 g/mol. The maximum Gasteiger partial charge on any atom is 0.0234 e. The van der Waals surface area contributed by atoms with Gasteiger partial charge in [-0.3, -0.25) is 4.90 Å². The van der Waals surface area contributed by atoms with Gasteiger partial charge in [0.1, 0.15) is 0 Å². The van der Waals surface area contributed by atoms with Crippen LogP contribution in [0, 0.1) is 6.07 Å². The van der Waals surface area contributed by atoms with Gasteiger partial charge >= 0.3 is 0 Å². The molecule has 1 aliphatic rings. The van der Waals surface area contributed by atoms with Gasteiger partial charge in [0.2, 0.25) is 0 Å². The second-order valence-corrected chi connectivity index (χ2v) is 4.55. The molecular weight excluding hydrogens is 184 g/mol. The summed E-state index contributed by atoms with van der Waals surface area (Å²) in [4.78, 5) is 4.86. The highest BCUT2D eigenvalue weighted by molar-refractivity contribution is 5.13. The minimum absolute atomic E-state index is 0.736. The molecule has 2 heteroatoms. The maximum atomic E-state index is 3.06. The van der Waals surface area contributed by atoms with E-state index >= 15 is 0 Å². The van der Waals surface area contributed by atoms with Gasteiger partial charge in [-0.1, -0.05) is 24.3 Å². The fraction of sp³-hybridized carbons (Fsp3) is 0.538. The van der Waals surface area contributed by atoms with Crippen molar-refractivity contribution in [2.24, 2.45) is 0 Å². The Bertz CT molecular complexity index is 295. The topological polar surface area (TPSA) is 6.48 Å². The van der Waals surface area contributed by atoms with E-state index < -0.39 is 0 Å². The number of hydrogen-bond acceptors (Lipinski definition) is 2. The molecule has 2 nitrogen and oxygen atoms in total. The Labute approximate surface area is 92.5 Å². The van der Waals surface area contributed by atoms with Crippen molar-refractivity contribution in [1.82, 2.24) is 9.80 Å². The lowest BCUT2D eigenvalue weighted by Gasteiger charge is -2.20. The number of likely N-dealkylation sites (tertiary alicyclic amines) is 1. The number of benzene rings is 1. The fourth-order valence-corrected chi connectivity index (χ4v) is 2.16. The summed E-state index contributed by atoms with van der Waals surface area (Å²) in [6.07, 6.45) is 1.30. The van der Waals surface area contributed by atoms with Gasteiger partial charge in [-0.15, -0.1) is 0 Å². The summed E-state index contributed by atoms with van der Waals surface area (Å²) in [5, 5.41) is 0. The van der Waals surface area contributed by atoms with Crippen LogP contribution in [0.15, 0.2) is 24.3 Å². The minimum atomic E-state index is 0.736. The molecule has 1 radical (unpaired) electrons. The minimum Gasteiger partial charge on any atom is -0.305 e. The molecule has 1 aromatic carbocycles. The van der Waals surface area contributed by atoms with E-state index in [-0.39, 0.29) is 0 Å². The Hall–Kier alpha value is -0.860. The summed E-state index contributed by atoms with van der Waals surface area (Å²) in [7, 11) is 4.34. The van der Waals surface area contributed by atoms with Crippen LogP contribution in [0.3, 0.4) is 0 Å². The number of rotatable bonds is 3. The Balaban J connectivity index is 1.88. The predicted molar refractivity (Wildman–Crippen MR) is 62.6 cm³/mol. The standard InChI is InChI=1S/C13H19N2/c1-14(2)13-8-9-15(11-13)10-12-6-4-3-5-7-12/h4-7,13H,8-11H2,1-2H3/t13-/m1/s1. The van der Waals surface area contributed by atoms with Crippen LogP contribution in [0.25, 0.3) is 0 Å². The molecule has 0 aliphatic carbocycles. The molecule has 0 saturated carbocycles. The van der Waals surface area contributed by atoms with Gasteiger partial charge in [-0.2, -0.15) is 0 Å². The smallest absolute Gasteiger partial charge is 0.0234 e. The van der Waals surface area contributed by atoms with Crippen molar-refractivity contribution in [3.05, 3.63) is 35.9 Å². The van der Waals surface area contributed by atoms with Gasteiger partial charge in [0.15, 0.2) is 0 Å². The second kappa shape index (κ2) is 4.77. The van der Waals surface area contributed by atoms with E-state index in [1.807, 2.05) is 12.1 Å². The lowest BCUT2D eigenvalue weighted by Crippen LogP contribution is -2.31. The third-order valence-electron chi connectivity index (χ3n) is 3.17. The predicted octanol–water partition coefficient (Wildman–Crippen LogP) is 1.62. The Morgan fingerprint density at radius 2 is 2.13 bits per heavy atom. The molecule has 0 amide bonds. The zero-order valence-electron chi connectivity index (χ0n) is 9.61. The SMILES string of the molecule is CN(C)[C@@H]1CCN(Cc2cc[c]cc2)C1. The van der Waals surface area contributed by atoms with Crippen molar-refractivity contribution in [1.29, 1.82) is 0 Å². The Morgan fingerprint density at radius 1 is 1.40 bits per heavy atom. The largest absolute Gasteiger partial charge is 0.305 e. The van der Waals surface area contributed by atoms with Gasteiger partial charge in [0.25, 0.3) is 0 Å². The molecule has 1 atom stereocenters. The molecule has 81 valence electrons. The Kier molecular flexibility index (Phi) is 3.39. The molecule has 1 aromatic rings. The third-order valence-corrected chi connectivity index (χ3v) is 3.17. The van der Waals surface area contributed by atoms with E-state index in [1.54, 1.807) is 0 Å². The first-order valence-electron chi connectivity index (χ1n) is 5.59. The highest BCUT2D eigenvalue weighted by atomic mass is 15.2. The summed E-state index contributed by atoms with van der Waals surface area (Å²) in [5.41, 5.74) is 1.40. The van der Waals surface area contributed by atoms with E-state index in [4.69, 9.17) is 0 Å². The molecule has 0 aromatic heterocycles. The van der Waals surface area contributed by atoms with Gasteiger partial charge in [0.05, 0.1) is 0 Å². The molecule has 0 N–H and O–H groups in total. The second-order valence-electron chi connectivity index (χ2n) is 4.55. The highest BCUT2D eigenvalue weighted by Gasteiger charge is 2.23. The first-order chi connectivity index (χ1) is 7.25. The van der Waals surface area contributed by atoms with Crippen LogP contribution in [-0.2, 0) is 6.54 Å². The van der Waals surface area contributed by atoms with E-state index in [2.05, 4.69) is 42.1 Å². The normalized spacial score (nSPS) is 22.5. The van der Waals surface area contributed by atoms with Crippen LogP contribution >= 0.6 is 0 Å². The maximum absolute atomic E-state index is 3.06. The van der Waals surface area contributed by atoms with Gasteiger partial charge in [-0.25, -0.2) is 0 Å². The monoisotopic (exact) mass is 203 g/mol. The molecule has 0 unspecified atom stereocenters. The third kappa shape index (κ3) is 2.80. The van der Waals surface area contributed by atoms with E-state index in [0.29, 0.717) is 0 Å². The summed E-state index contributed by atoms with van der Waals surface area (Å²) in [6, 6.07) is 12.1. The van der Waals surface area contributed by atoms with Crippen molar-refractivity contribution in [2.45, 2.75) is 19.0 Å². The molecule has 1 saturated heterocycles. The zero-order chi connectivity index (χ0) is 10.7. The molecule has 0 bridgehead atoms. The number of hydrogen-bond donors (Lipinski definition) is 0. The fourth-order valence-electron chi connectivity index (χ4n) is 2.16. The van der Waals surface area contributed by atoms with Crippen LogP contribution in [-0.4, -0.2) is 43.0 Å². The van der Waals surface area contributed by atoms with Gasteiger partial charge in [0, 0.05) is 25.7 Å². The van der Waals surface area contributed by atoms with Crippen LogP contribution in [0.2, 0.25) is 0 Å². The Morgan fingerprint density at radius 3 is 2.73 bits per heavy atom. The summed E-state index contributed by atoms with van der Waals surface area (Å²) >= 11 is 0. The average Bonchev–Trinajstić information content (AvgIpc) is 2.68. The van der Waals surface area contributed by atoms with E-state index in [0.717, 1.165) is 12.6 Å². The lowest BCUT2D eigenvalue weighted by atomic mass is 10.2. The first-order valence-corrected chi connectivity index (χ1v) is 5.59. The van der Waals surface area contributed by atoms with Crippen molar-refractivity contribution < 1.29 is 0 Å². The summed E-state index contributed by atoms with van der Waals surface area (Å²) < 4.78 is 0. The van der Waals surface area contributed by atoms with Crippen LogP contribution in [0.1, 0.15) is 12.0 Å². The summed E-state index contributed by atoms with van der Waals surface area (Å²) in [5.74, 6) is 0. The zero-order valence-corrected chi connectivity index (χ0v) is 9.61. The van der Waals surface area contributed by atoms with Gasteiger partial charge in [-0.05, 0) is 32.1 Å². The molecular formula is C13H19N2. The van der Waals surface area contributed by atoms with E-state index in [1.165, 1.54) is 25.1 Å². The number of nitrogens with zero attached hydrogens (tertiary/aromatic N) is 2. The highest BCUT2D eigenvalue weighted by Crippen LogP contribution is 2.15. The number of likely N-dealkylation sites (N-methyl/N-ethyl adjacent to an activating group) is 1. The van der Waals surface area contributed by atoms with Crippen LogP contribution < -0.4 is 0 Å². The van der Waals surface area contributed by atoms with E-state index in [9.17, 15) is 0 Å². The molecule has 2 rings (SSSR count). The van der Waals surface area contributed by atoms with Crippen molar-refractivity contribution in [2.75, 3.05) is 27.2 Å². The molecule has 0 spiro atoms. The molecule has 15 heavy (non-hydrogen) atoms. The lowest BCUT2D eigenvalue weighted by molar-refractivity contribution is 0.264. The first kappa shape index (κ1) is 10.7. The van der Waals surface area contributed by atoms with Crippen LogP contribution in [0.4, 0.5) is 0 Å². The van der Waals surface area contributed by atoms with Crippen molar-refractivity contribution in [3.8, 4) is 0 Å². The van der Waals surface area contributed by atoms with Crippen molar-refractivity contribution in [3.63, 3.8) is 0 Å². The van der Waals surface area contributed by atoms with Crippen LogP contribution in [0.5, 0.6) is 0 Å². The molecule has 1 heterocycles. The van der Waals surface area contributed by atoms with Gasteiger partial charge < -0.3 is 4.90 Å². The molecule has 1 aliphatic heterocycles. The summed E-state index contributed by atoms with van der Waals surface area (Å²) in [6.45, 7) is 3.51. The molecule has 1 fully saturated rings.